The van der Waals surface area contributed by atoms with Crippen LogP contribution in [-0.4, -0.2) is 6.10 Å². The number of furan rings is 1. The molecule has 3 rings (SSSR count). The molecule has 0 N–H and O–H groups in total. The number of halogens is 1. The maximum atomic E-state index is 13.1. The average molecular weight is 297 g/mol. The van der Waals surface area contributed by atoms with Crippen molar-refractivity contribution in [2.75, 3.05) is 0 Å². The fourth-order valence-corrected chi connectivity index (χ4v) is 2.56. The summed E-state index contributed by atoms with van der Waals surface area (Å²) >= 11 is 0. The second-order valence-corrected chi connectivity index (χ2v) is 5.49. The molecule has 0 saturated carbocycles. The monoisotopic (exact) mass is 297 g/mol. The Kier molecular flexibility index (Phi) is 3.88. The van der Waals surface area contributed by atoms with Crippen molar-refractivity contribution in [2.24, 2.45) is 0 Å². The topological polar surface area (TPSA) is 22.4 Å². The molecule has 1 heterocycles. The smallest absolute Gasteiger partial charge is 0.138 e. The van der Waals surface area contributed by atoms with Crippen molar-refractivity contribution in [1.82, 2.24) is 0 Å². The van der Waals surface area contributed by atoms with Crippen molar-refractivity contribution < 1.29 is 13.5 Å². The van der Waals surface area contributed by atoms with Gasteiger partial charge in [-0.1, -0.05) is 0 Å². The fourth-order valence-electron chi connectivity index (χ4n) is 2.56. The molecule has 2 nitrogen and oxygen atoms in total. The minimum Gasteiger partial charge on any atom is -0.491 e. The van der Waals surface area contributed by atoms with Crippen LogP contribution < -0.4 is 4.74 Å². The second-order valence-electron chi connectivity index (χ2n) is 5.49. The lowest BCUT2D eigenvalue weighted by molar-refractivity contribution is 0.242. The van der Waals surface area contributed by atoms with E-state index in [1.807, 2.05) is 32.0 Å². The number of benzene rings is 2. The Hall–Kier alpha value is -2.29. The minimum atomic E-state index is -0.261. The summed E-state index contributed by atoms with van der Waals surface area (Å²) in [5.41, 5.74) is 2.65. The van der Waals surface area contributed by atoms with Crippen molar-refractivity contribution >= 4 is 11.0 Å². The SMILES string of the molecule is [CH2]Cc1c(-c2ccc(F)cc2)oc2ccc(OC(C)C)cc12. The van der Waals surface area contributed by atoms with E-state index in [1.54, 1.807) is 12.1 Å². The van der Waals surface area contributed by atoms with Gasteiger partial charge in [-0.05, 0) is 69.7 Å². The molecule has 0 atom stereocenters. The zero-order chi connectivity index (χ0) is 15.7. The van der Waals surface area contributed by atoms with Crippen molar-refractivity contribution in [1.29, 1.82) is 0 Å². The van der Waals surface area contributed by atoms with Gasteiger partial charge in [0.15, 0.2) is 0 Å². The Morgan fingerprint density at radius 1 is 1.14 bits per heavy atom. The third-order valence-electron chi connectivity index (χ3n) is 3.49. The number of rotatable bonds is 4. The van der Waals surface area contributed by atoms with Crippen LogP contribution in [-0.2, 0) is 6.42 Å². The van der Waals surface area contributed by atoms with Gasteiger partial charge in [0.25, 0.3) is 0 Å². The Bertz CT molecular complexity index is 785. The Morgan fingerprint density at radius 3 is 2.50 bits per heavy atom. The third kappa shape index (κ3) is 2.71. The van der Waals surface area contributed by atoms with Crippen molar-refractivity contribution in [3.8, 4) is 17.1 Å². The van der Waals surface area contributed by atoms with E-state index in [-0.39, 0.29) is 11.9 Å². The Morgan fingerprint density at radius 2 is 1.86 bits per heavy atom. The highest BCUT2D eigenvalue weighted by Crippen LogP contribution is 2.36. The lowest BCUT2D eigenvalue weighted by Gasteiger charge is -2.09. The zero-order valence-corrected chi connectivity index (χ0v) is 12.7. The van der Waals surface area contributed by atoms with Crippen LogP contribution in [0, 0.1) is 12.7 Å². The van der Waals surface area contributed by atoms with Gasteiger partial charge in [0.05, 0.1) is 6.10 Å². The van der Waals surface area contributed by atoms with Crippen molar-refractivity contribution in [3.63, 3.8) is 0 Å². The molecule has 0 saturated heterocycles. The molecule has 0 aliphatic carbocycles. The molecule has 0 amide bonds. The quantitative estimate of drug-likeness (QED) is 0.643. The van der Waals surface area contributed by atoms with Crippen molar-refractivity contribution in [2.45, 2.75) is 26.4 Å². The summed E-state index contributed by atoms with van der Waals surface area (Å²) < 4.78 is 24.8. The highest BCUT2D eigenvalue weighted by atomic mass is 19.1. The van der Waals surface area contributed by atoms with Crippen LogP contribution in [0.15, 0.2) is 46.9 Å². The van der Waals surface area contributed by atoms with Gasteiger partial charge in [0.1, 0.15) is 22.9 Å². The first kappa shape index (κ1) is 14.6. The normalized spacial score (nSPS) is 11.3. The first-order valence-corrected chi connectivity index (χ1v) is 7.35. The summed E-state index contributed by atoms with van der Waals surface area (Å²) in [5, 5.41) is 0.993. The predicted molar refractivity (Wildman–Crippen MR) is 86.4 cm³/mol. The molecule has 113 valence electrons. The Balaban J connectivity index is 2.13. The zero-order valence-electron chi connectivity index (χ0n) is 12.7. The van der Waals surface area contributed by atoms with Gasteiger partial charge in [-0.15, -0.1) is 0 Å². The maximum Gasteiger partial charge on any atom is 0.138 e. The van der Waals surface area contributed by atoms with E-state index >= 15 is 0 Å². The van der Waals surface area contributed by atoms with Gasteiger partial charge < -0.3 is 9.15 Å². The first-order chi connectivity index (χ1) is 10.6. The number of hydrogen-bond donors (Lipinski definition) is 0. The van der Waals surface area contributed by atoms with Crippen LogP contribution >= 0.6 is 0 Å². The third-order valence-corrected chi connectivity index (χ3v) is 3.49. The predicted octanol–water partition coefficient (Wildman–Crippen LogP) is 5.40. The maximum absolute atomic E-state index is 13.1. The number of ether oxygens (including phenoxy) is 1. The van der Waals surface area contributed by atoms with Crippen LogP contribution in [0.5, 0.6) is 5.75 Å². The Labute approximate surface area is 129 Å². The van der Waals surface area contributed by atoms with Crippen LogP contribution in [0.25, 0.3) is 22.3 Å². The first-order valence-electron chi connectivity index (χ1n) is 7.35. The van der Waals surface area contributed by atoms with Crippen LogP contribution in [0.4, 0.5) is 4.39 Å². The standard InChI is InChI=1S/C19H18FO2/c1-4-16-17-11-15(21-12(2)3)9-10-18(17)22-19(16)13-5-7-14(20)8-6-13/h5-12H,1,4H2,2-3H3. The van der Waals surface area contributed by atoms with E-state index in [0.717, 1.165) is 33.6 Å². The molecule has 2 aromatic carbocycles. The lowest BCUT2D eigenvalue weighted by Crippen LogP contribution is -2.05. The van der Waals surface area contributed by atoms with E-state index < -0.39 is 0 Å². The summed E-state index contributed by atoms with van der Waals surface area (Å²) in [7, 11) is 0. The molecule has 1 radical (unpaired) electrons. The molecule has 0 unspecified atom stereocenters. The van der Waals surface area contributed by atoms with Gasteiger partial charge in [0, 0.05) is 16.5 Å². The molecule has 1 aromatic heterocycles. The molecule has 22 heavy (non-hydrogen) atoms. The summed E-state index contributed by atoms with van der Waals surface area (Å²) in [5.74, 6) is 1.29. The molecule has 0 aliphatic rings. The highest BCUT2D eigenvalue weighted by molar-refractivity contribution is 5.89. The van der Waals surface area contributed by atoms with Crippen LogP contribution in [0.3, 0.4) is 0 Å². The fraction of sp³-hybridized carbons (Fsp3) is 0.211. The van der Waals surface area contributed by atoms with E-state index in [2.05, 4.69) is 6.92 Å². The molecular formula is C19H18FO2. The van der Waals surface area contributed by atoms with Gasteiger partial charge in [-0.25, -0.2) is 4.39 Å². The largest absolute Gasteiger partial charge is 0.491 e. The van der Waals surface area contributed by atoms with E-state index in [0.29, 0.717) is 6.42 Å². The summed E-state index contributed by atoms with van der Waals surface area (Å²) in [6.45, 7) is 7.98. The van der Waals surface area contributed by atoms with Crippen LogP contribution in [0.2, 0.25) is 0 Å². The number of hydrogen-bond acceptors (Lipinski definition) is 2. The second kappa shape index (κ2) is 5.84. The van der Waals surface area contributed by atoms with E-state index in [1.165, 1.54) is 12.1 Å². The minimum absolute atomic E-state index is 0.115. The molecule has 0 bridgehead atoms. The van der Waals surface area contributed by atoms with Gasteiger partial charge in [-0.3, -0.25) is 0 Å². The van der Waals surface area contributed by atoms with E-state index in [4.69, 9.17) is 9.15 Å². The molecule has 0 spiro atoms. The molecule has 0 fully saturated rings. The van der Waals surface area contributed by atoms with Crippen molar-refractivity contribution in [3.05, 3.63) is 60.8 Å². The lowest BCUT2D eigenvalue weighted by atomic mass is 10.0. The molecule has 3 aromatic rings. The average Bonchev–Trinajstić information content (AvgIpc) is 2.85. The van der Waals surface area contributed by atoms with Gasteiger partial charge in [0.2, 0.25) is 0 Å². The van der Waals surface area contributed by atoms with Crippen LogP contribution in [0.1, 0.15) is 19.4 Å². The summed E-state index contributed by atoms with van der Waals surface area (Å²) in [4.78, 5) is 0. The highest BCUT2D eigenvalue weighted by Gasteiger charge is 2.15. The summed E-state index contributed by atoms with van der Waals surface area (Å²) in [6.07, 6.45) is 0.703. The van der Waals surface area contributed by atoms with Gasteiger partial charge in [-0.2, -0.15) is 0 Å². The summed E-state index contributed by atoms with van der Waals surface area (Å²) in [6, 6.07) is 12.1. The van der Waals surface area contributed by atoms with E-state index in [9.17, 15) is 4.39 Å². The molecule has 3 heteroatoms. The molecular weight excluding hydrogens is 279 g/mol. The van der Waals surface area contributed by atoms with Gasteiger partial charge >= 0.3 is 0 Å². The molecule has 0 aliphatic heterocycles. The number of fused-ring (bicyclic) bond motifs is 1.